The summed E-state index contributed by atoms with van der Waals surface area (Å²) in [6, 6.07) is 9.03. The summed E-state index contributed by atoms with van der Waals surface area (Å²) in [5.74, 6) is -0.582. The normalized spacial score (nSPS) is 18.0. The molecule has 0 aromatic heterocycles. The molecule has 5 nitrogen and oxygen atoms in total. The van der Waals surface area contributed by atoms with Crippen molar-refractivity contribution in [1.29, 1.82) is 0 Å². The Morgan fingerprint density at radius 3 is 2.31 bits per heavy atom. The van der Waals surface area contributed by atoms with E-state index in [1.807, 2.05) is 18.2 Å². The van der Waals surface area contributed by atoms with Crippen molar-refractivity contribution in [2.75, 3.05) is 11.6 Å². The van der Waals surface area contributed by atoms with Gasteiger partial charge in [0.2, 0.25) is 0 Å². The number of carbonyl (C=O) groups excluding carboxylic acids is 3. The SMILES string of the molecule is O=CC1(C=O)CN(c2ccccc2)NC1=O. The summed E-state index contributed by atoms with van der Waals surface area (Å²) in [7, 11) is 0. The van der Waals surface area contributed by atoms with Crippen molar-refractivity contribution in [2.45, 2.75) is 0 Å². The molecule has 82 valence electrons. The standard InChI is InChI=1S/C11H10N2O3/c14-7-11(8-15)6-13(12-10(11)16)9-4-2-1-3-5-9/h1-5,7-8H,6H2,(H,12,16). The Kier molecular flexibility index (Phi) is 2.44. The second-order valence-corrected chi connectivity index (χ2v) is 3.64. The Labute approximate surface area is 92.0 Å². The van der Waals surface area contributed by atoms with Crippen molar-refractivity contribution in [1.82, 2.24) is 5.43 Å². The summed E-state index contributed by atoms with van der Waals surface area (Å²) in [5, 5.41) is 1.49. The Balaban J connectivity index is 2.28. The van der Waals surface area contributed by atoms with Gasteiger partial charge in [0.1, 0.15) is 12.6 Å². The molecule has 1 aliphatic heterocycles. The fraction of sp³-hybridized carbons (Fsp3) is 0.182. The summed E-state index contributed by atoms with van der Waals surface area (Å²) in [6.45, 7) is 0.0306. The number of amides is 1. The number of nitrogens with zero attached hydrogens (tertiary/aromatic N) is 1. The van der Waals surface area contributed by atoms with E-state index in [0.717, 1.165) is 5.69 Å². The van der Waals surface area contributed by atoms with Gasteiger partial charge in [0.25, 0.3) is 5.91 Å². The predicted molar refractivity (Wildman–Crippen MR) is 56.5 cm³/mol. The van der Waals surface area contributed by atoms with E-state index in [4.69, 9.17) is 0 Å². The zero-order valence-electron chi connectivity index (χ0n) is 8.42. The van der Waals surface area contributed by atoms with Crippen LogP contribution in [0.2, 0.25) is 0 Å². The lowest BCUT2D eigenvalue weighted by Crippen LogP contribution is -2.35. The molecule has 2 rings (SSSR count). The van der Waals surface area contributed by atoms with Crippen LogP contribution in [0, 0.1) is 5.41 Å². The van der Waals surface area contributed by atoms with Gasteiger partial charge in [0, 0.05) is 0 Å². The molecular weight excluding hydrogens is 208 g/mol. The van der Waals surface area contributed by atoms with E-state index >= 15 is 0 Å². The number of hydrazine groups is 1. The smallest absolute Gasteiger partial charge is 0.261 e. The van der Waals surface area contributed by atoms with Crippen LogP contribution in [0.5, 0.6) is 0 Å². The van der Waals surface area contributed by atoms with Gasteiger partial charge in [-0.15, -0.1) is 0 Å². The number of anilines is 1. The summed E-state index contributed by atoms with van der Waals surface area (Å²) < 4.78 is 0. The van der Waals surface area contributed by atoms with Crippen molar-refractivity contribution in [3.05, 3.63) is 30.3 Å². The van der Waals surface area contributed by atoms with E-state index in [9.17, 15) is 14.4 Å². The molecule has 1 heterocycles. The second kappa shape index (κ2) is 3.77. The van der Waals surface area contributed by atoms with Crippen LogP contribution >= 0.6 is 0 Å². The van der Waals surface area contributed by atoms with Gasteiger partial charge < -0.3 is 9.59 Å². The number of hydrogen-bond acceptors (Lipinski definition) is 4. The minimum atomic E-state index is -1.57. The fourth-order valence-electron chi connectivity index (χ4n) is 1.57. The molecule has 1 aliphatic rings. The van der Waals surface area contributed by atoms with Crippen LogP contribution in [-0.2, 0) is 14.4 Å². The van der Waals surface area contributed by atoms with Gasteiger partial charge >= 0.3 is 0 Å². The largest absolute Gasteiger partial charge is 0.302 e. The van der Waals surface area contributed by atoms with E-state index in [-0.39, 0.29) is 6.54 Å². The van der Waals surface area contributed by atoms with Crippen molar-refractivity contribution in [2.24, 2.45) is 5.41 Å². The topological polar surface area (TPSA) is 66.5 Å². The quantitative estimate of drug-likeness (QED) is 0.569. The highest BCUT2D eigenvalue weighted by Crippen LogP contribution is 2.24. The third-order valence-corrected chi connectivity index (χ3v) is 2.57. The van der Waals surface area contributed by atoms with Crippen molar-refractivity contribution in [3.63, 3.8) is 0 Å². The molecule has 1 saturated heterocycles. The maximum Gasteiger partial charge on any atom is 0.261 e. The van der Waals surface area contributed by atoms with Gasteiger partial charge in [-0.1, -0.05) is 18.2 Å². The summed E-state index contributed by atoms with van der Waals surface area (Å²) in [4.78, 5) is 33.2. The highest BCUT2D eigenvalue weighted by atomic mass is 16.2. The third kappa shape index (κ3) is 1.46. The lowest BCUT2D eigenvalue weighted by atomic mass is 9.92. The summed E-state index contributed by atoms with van der Waals surface area (Å²) in [5.41, 5.74) is 1.66. The predicted octanol–water partition coefficient (Wildman–Crippen LogP) is -0.0780. The molecule has 0 bridgehead atoms. The minimum absolute atomic E-state index is 0.0306. The molecule has 0 saturated carbocycles. The molecule has 1 aromatic rings. The molecule has 0 aliphatic carbocycles. The molecule has 0 unspecified atom stereocenters. The van der Waals surface area contributed by atoms with Crippen LogP contribution in [0.4, 0.5) is 5.69 Å². The molecule has 1 fully saturated rings. The van der Waals surface area contributed by atoms with Gasteiger partial charge in [-0.25, -0.2) is 0 Å². The maximum atomic E-state index is 11.5. The van der Waals surface area contributed by atoms with Gasteiger partial charge in [0.15, 0.2) is 5.41 Å². The van der Waals surface area contributed by atoms with Crippen molar-refractivity contribution < 1.29 is 14.4 Å². The zero-order valence-corrected chi connectivity index (χ0v) is 8.42. The number of carbonyl (C=O) groups is 3. The van der Waals surface area contributed by atoms with E-state index in [0.29, 0.717) is 12.6 Å². The molecule has 1 amide bonds. The van der Waals surface area contributed by atoms with Crippen molar-refractivity contribution >= 4 is 24.2 Å². The Morgan fingerprint density at radius 1 is 1.19 bits per heavy atom. The molecule has 5 heteroatoms. The van der Waals surface area contributed by atoms with Gasteiger partial charge in [-0.05, 0) is 12.1 Å². The monoisotopic (exact) mass is 218 g/mol. The molecule has 0 spiro atoms. The molecule has 0 atom stereocenters. The second-order valence-electron chi connectivity index (χ2n) is 3.64. The zero-order chi connectivity index (χ0) is 11.6. The summed E-state index contributed by atoms with van der Waals surface area (Å²) >= 11 is 0. The highest BCUT2D eigenvalue weighted by molar-refractivity contribution is 6.13. The number of nitrogens with one attached hydrogen (secondary N) is 1. The minimum Gasteiger partial charge on any atom is -0.302 e. The van der Waals surface area contributed by atoms with Crippen LogP contribution in [-0.4, -0.2) is 25.0 Å². The number of hydrogen-bond donors (Lipinski definition) is 1. The van der Waals surface area contributed by atoms with Crippen LogP contribution in [0.3, 0.4) is 0 Å². The molecule has 0 radical (unpaired) electrons. The van der Waals surface area contributed by atoms with E-state index in [2.05, 4.69) is 5.43 Å². The Hall–Kier alpha value is -2.17. The number of aldehydes is 2. The number of para-hydroxylation sites is 1. The van der Waals surface area contributed by atoms with Gasteiger partial charge in [-0.2, -0.15) is 0 Å². The Morgan fingerprint density at radius 2 is 1.81 bits per heavy atom. The van der Waals surface area contributed by atoms with Gasteiger partial charge in [0.05, 0.1) is 12.2 Å². The third-order valence-electron chi connectivity index (χ3n) is 2.57. The van der Waals surface area contributed by atoms with Crippen LogP contribution in [0.1, 0.15) is 0 Å². The Bertz CT molecular complexity index is 422. The first-order chi connectivity index (χ1) is 7.72. The maximum absolute atomic E-state index is 11.5. The van der Waals surface area contributed by atoms with Crippen LogP contribution < -0.4 is 10.4 Å². The van der Waals surface area contributed by atoms with Crippen molar-refractivity contribution in [3.8, 4) is 0 Å². The van der Waals surface area contributed by atoms with E-state index < -0.39 is 11.3 Å². The fourth-order valence-corrected chi connectivity index (χ4v) is 1.57. The van der Waals surface area contributed by atoms with E-state index in [1.165, 1.54) is 5.01 Å². The lowest BCUT2D eigenvalue weighted by Gasteiger charge is -2.17. The van der Waals surface area contributed by atoms with E-state index in [1.54, 1.807) is 12.1 Å². The highest BCUT2D eigenvalue weighted by Gasteiger charge is 2.46. The van der Waals surface area contributed by atoms with Gasteiger partial charge in [-0.3, -0.25) is 15.2 Å². The number of rotatable bonds is 3. The molecule has 1 aromatic carbocycles. The summed E-state index contributed by atoms with van der Waals surface area (Å²) in [6.07, 6.45) is 0.774. The lowest BCUT2D eigenvalue weighted by molar-refractivity contribution is -0.137. The first kappa shape index (κ1) is 10.4. The first-order valence-corrected chi connectivity index (χ1v) is 4.78. The molecule has 1 N–H and O–H groups in total. The first-order valence-electron chi connectivity index (χ1n) is 4.78. The number of benzene rings is 1. The van der Waals surface area contributed by atoms with Crippen LogP contribution in [0.15, 0.2) is 30.3 Å². The average Bonchev–Trinajstić information content (AvgIpc) is 2.68. The molecular formula is C11H10N2O3. The average molecular weight is 218 g/mol. The molecule has 16 heavy (non-hydrogen) atoms. The van der Waals surface area contributed by atoms with Crippen LogP contribution in [0.25, 0.3) is 0 Å².